The molecule has 0 atom stereocenters. The molecular weight excluding hydrogens is 456 g/mol. The number of hydrogen-bond donors (Lipinski definition) is 0. The lowest BCUT2D eigenvalue weighted by Gasteiger charge is -2.29. The number of likely N-dealkylation sites (N-methyl/N-ethyl adjacent to an activating group) is 1. The maximum Gasteiger partial charge on any atom is 0.137 e. The third kappa shape index (κ3) is 5.99. The number of allylic oxidation sites excluding steroid dienone is 9. The predicted molar refractivity (Wildman–Crippen MR) is 151 cm³/mol. The van der Waals surface area contributed by atoms with Crippen molar-refractivity contribution in [3.05, 3.63) is 131 Å². The Morgan fingerprint density at radius 1 is 0.919 bits per heavy atom. The summed E-state index contributed by atoms with van der Waals surface area (Å²) in [5.41, 5.74) is 6.12. The number of benzene rings is 2. The fourth-order valence-corrected chi connectivity index (χ4v) is 4.09. The van der Waals surface area contributed by atoms with Crippen molar-refractivity contribution in [3.63, 3.8) is 0 Å². The molecule has 4 rings (SSSR count). The Bertz CT molecular complexity index is 1450. The Morgan fingerprint density at radius 2 is 1.62 bits per heavy atom. The van der Waals surface area contributed by atoms with Crippen molar-refractivity contribution < 1.29 is 4.74 Å². The molecule has 0 fully saturated rings. The van der Waals surface area contributed by atoms with E-state index in [2.05, 4.69) is 36.1 Å². The Kier molecular flexibility index (Phi) is 7.88. The van der Waals surface area contributed by atoms with Gasteiger partial charge in [-0.3, -0.25) is 0 Å². The molecule has 0 saturated carbocycles. The second kappa shape index (κ2) is 11.6. The van der Waals surface area contributed by atoms with Crippen molar-refractivity contribution in [2.75, 3.05) is 30.4 Å². The molecule has 182 valence electrons. The second-order valence-corrected chi connectivity index (χ2v) is 8.66. The Hall–Kier alpha value is -5.00. The maximum atomic E-state index is 9.42. The van der Waals surface area contributed by atoms with Crippen LogP contribution >= 0.6 is 0 Å². The van der Waals surface area contributed by atoms with Gasteiger partial charge in [-0.15, -0.1) is 0 Å². The van der Waals surface area contributed by atoms with Gasteiger partial charge in [-0.25, -0.2) is 0 Å². The quantitative estimate of drug-likeness (QED) is 0.417. The van der Waals surface area contributed by atoms with Crippen LogP contribution in [-0.4, -0.2) is 20.6 Å². The molecule has 0 aliphatic carbocycles. The molecule has 0 N–H and O–H groups in total. The molecule has 2 aliphatic heterocycles. The largest absolute Gasteiger partial charge is 0.457 e. The molecule has 2 aromatic rings. The maximum absolute atomic E-state index is 9.42. The van der Waals surface area contributed by atoms with Gasteiger partial charge in [0, 0.05) is 43.3 Å². The number of hydrogen-bond acceptors (Lipinski definition) is 5. The van der Waals surface area contributed by atoms with E-state index in [1.54, 1.807) is 12.2 Å². The highest BCUT2D eigenvalue weighted by atomic mass is 16.5. The van der Waals surface area contributed by atoms with Crippen molar-refractivity contribution in [1.82, 2.24) is 0 Å². The predicted octanol–water partition coefficient (Wildman–Crippen LogP) is 6.90. The lowest BCUT2D eigenvalue weighted by molar-refractivity contribution is 0.332. The first kappa shape index (κ1) is 25.1. The van der Waals surface area contributed by atoms with E-state index in [-0.39, 0.29) is 5.57 Å². The number of para-hydroxylation sites is 1. The van der Waals surface area contributed by atoms with Crippen LogP contribution < -0.4 is 9.80 Å². The van der Waals surface area contributed by atoms with Gasteiger partial charge < -0.3 is 14.5 Å². The van der Waals surface area contributed by atoms with E-state index in [0.29, 0.717) is 17.1 Å². The minimum atomic E-state index is 0.0396. The summed E-state index contributed by atoms with van der Waals surface area (Å²) in [6.07, 6.45) is 17.2. The van der Waals surface area contributed by atoms with Gasteiger partial charge in [-0.2, -0.15) is 10.5 Å². The topological polar surface area (TPSA) is 63.3 Å². The Labute approximate surface area is 218 Å². The molecule has 0 radical (unpaired) electrons. The highest BCUT2D eigenvalue weighted by Crippen LogP contribution is 2.30. The van der Waals surface area contributed by atoms with Gasteiger partial charge in [0.2, 0.25) is 0 Å². The van der Waals surface area contributed by atoms with Crippen molar-refractivity contribution >= 4 is 23.5 Å². The van der Waals surface area contributed by atoms with Crippen LogP contribution in [-0.2, 0) is 4.74 Å². The van der Waals surface area contributed by atoms with Gasteiger partial charge >= 0.3 is 0 Å². The highest BCUT2D eigenvalue weighted by molar-refractivity contribution is 5.76. The van der Waals surface area contributed by atoms with E-state index in [4.69, 9.17) is 4.74 Å². The second-order valence-electron chi connectivity index (χ2n) is 8.66. The summed E-state index contributed by atoms with van der Waals surface area (Å²) in [7, 11) is 4.00. The first-order valence-electron chi connectivity index (χ1n) is 12.1. The van der Waals surface area contributed by atoms with Crippen molar-refractivity contribution in [2.45, 2.75) is 6.92 Å². The van der Waals surface area contributed by atoms with E-state index in [1.165, 1.54) is 11.3 Å². The van der Waals surface area contributed by atoms with Crippen LogP contribution in [0.3, 0.4) is 0 Å². The van der Waals surface area contributed by atoms with E-state index in [1.807, 2.05) is 97.9 Å². The summed E-state index contributed by atoms with van der Waals surface area (Å²) in [4.78, 5) is 4.29. The summed E-state index contributed by atoms with van der Waals surface area (Å²) < 4.78 is 6.06. The van der Waals surface area contributed by atoms with Crippen LogP contribution in [0.4, 0.5) is 11.4 Å². The van der Waals surface area contributed by atoms with Gasteiger partial charge in [-0.05, 0) is 72.7 Å². The minimum absolute atomic E-state index is 0.0396. The molecule has 2 heterocycles. The molecular formula is C32H28N4O. The van der Waals surface area contributed by atoms with Gasteiger partial charge in [0.1, 0.15) is 29.2 Å². The SMILES string of the molecule is CCN1/C(=C/C=C/C2=CC(=C(C#N)C#N)C=C(/C=C/c3ccc(N(C)C)cc3)O2)C=Cc2ccccc21. The summed E-state index contributed by atoms with van der Waals surface area (Å²) in [6, 6.07) is 20.4. The average Bonchev–Trinajstić information content (AvgIpc) is 2.92. The van der Waals surface area contributed by atoms with Crippen LogP contribution in [0.5, 0.6) is 0 Å². The first-order chi connectivity index (χ1) is 18.0. The Morgan fingerprint density at radius 3 is 2.30 bits per heavy atom. The molecule has 0 amide bonds. The standard InChI is InChI=1S/C32H28N4O/c1-4-36-29(18-15-25-8-5-6-11-32(25)36)9-7-10-30-20-26(27(22-33)23-34)21-31(37-30)19-14-24-12-16-28(17-13-24)35(2)3/h5-21H,4H2,1-3H3/b10-7+,19-14+,29-9+. The summed E-state index contributed by atoms with van der Waals surface area (Å²) >= 11 is 0. The van der Waals surface area contributed by atoms with Crippen LogP contribution in [0.2, 0.25) is 0 Å². The van der Waals surface area contributed by atoms with Crippen LogP contribution in [0.1, 0.15) is 18.1 Å². The smallest absolute Gasteiger partial charge is 0.137 e. The van der Waals surface area contributed by atoms with Crippen LogP contribution in [0.15, 0.2) is 119 Å². The third-order valence-corrected chi connectivity index (χ3v) is 6.01. The normalized spacial score (nSPS) is 15.6. The first-order valence-corrected chi connectivity index (χ1v) is 12.1. The number of ether oxygens (including phenoxy) is 1. The Balaban J connectivity index is 1.57. The third-order valence-electron chi connectivity index (χ3n) is 6.01. The monoisotopic (exact) mass is 484 g/mol. The van der Waals surface area contributed by atoms with Gasteiger partial charge in [0.25, 0.3) is 0 Å². The fraction of sp³-hybridized carbons (Fsp3) is 0.125. The zero-order chi connectivity index (χ0) is 26.2. The molecule has 0 aromatic heterocycles. The molecule has 2 aromatic carbocycles. The average molecular weight is 485 g/mol. The molecule has 0 saturated heterocycles. The van der Waals surface area contributed by atoms with E-state index >= 15 is 0 Å². The lowest BCUT2D eigenvalue weighted by Crippen LogP contribution is -2.23. The van der Waals surface area contributed by atoms with E-state index < -0.39 is 0 Å². The van der Waals surface area contributed by atoms with Gasteiger partial charge in [-0.1, -0.05) is 48.6 Å². The molecule has 0 spiro atoms. The summed E-state index contributed by atoms with van der Waals surface area (Å²) in [5.74, 6) is 1.09. The molecule has 5 nitrogen and oxygen atoms in total. The molecule has 5 heteroatoms. The van der Waals surface area contributed by atoms with Crippen LogP contribution in [0.25, 0.3) is 12.2 Å². The van der Waals surface area contributed by atoms with Crippen molar-refractivity contribution in [2.24, 2.45) is 0 Å². The van der Waals surface area contributed by atoms with E-state index in [0.717, 1.165) is 23.5 Å². The molecule has 0 unspecified atom stereocenters. The van der Waals surface area contributed by atoms with Crippen molar-refractivity contribution in [1.29, 1.82) is 10.5 Å². The molecule has 2 aliphatic rings. The lowest BCUT2D eigenvalue weighted by atomic mass is 10.0. The molecule has 0 bridgehead atoms. The number of anilines is 2. The summed E-state index contributed by atoms with van der Waals surface area (Å²) in [6.45, 7) is 2.97. The zero-order valence-corrected chi connectivity index (χ0v) is 21.2. The van der Waals surface area contributed by atoms with E-state index in [9.17, 15) is 10.5 Å². The number of rotatable bonds is 6. The highest BCUT2D eigenvalue weighted by Gasteiger charge is 2.15. The minimum Gasteiger partial charge on any atom is -0.457 e. The molecule has 37 heavy (non-hydrogen) atoms. The zero-order valence-electron chi connectivity index (χ0n) is 21.2. The number of fused-ring (bicyclic) bond motifs is 1. The van der Waals surface area contributed by atoms with Crippen molar-refractivity contribution in [3.8, 4) is 12.1 Å². The number of nitrogens with zero attached hydrogens (tertiary/aromatic N) is 4. The summed E-state index contributed by atoms with van der Waals surface area (Å²) in [5, 5.41) is 18.8. The number of nitriles is 2. The van der Waals surface area contributed by atoms with Gasteiger partial charge in [0.05, 0.1) is 0 Å². The van der Waals surface area contributed by atoms with Crippen LogP contribution in [0, 0.1) is 22.7 Å². The van der Waals surface area contributed by atoms with Gasteiger partial charge in [0.15, 0.2) is 0 Å². The fourth-order valence-electron chi connectivity index (χ4n) is 4.09.